The SMILES string of the molecule is CCOC(=O)c1cnc(NCC2CN(S(=O)(=O)c3ccc4ccccc4c3)CCO2)nc1. The first-order valence-corrected chi connectivity index (χ1v) is 11.7. The van der Waals surface area contributed by atoms with Crippen molar-refractivity contribution in [2.24, 2.45) is 0 Å². The lowest BCUT2D eigenvalue weighted by Gasteiger charge is -2.32. The van der Waals surface area contributed by atoms with Crippen LogP contribution in [0.25, 0.3) is 10.8 Å². The van der Waals surface area contributed by atoms with Gasteiger partial charge in [-0.15, -0.1) is 0 Å². The van der Waals surface area contributed by atoms with Crippen molar-refractivity contribution >= 4 is 32.7 Å². The Morgan fingerprint density at radius 2 is 1.94 bits per heavy atom. The Labute approximate surface area is 186 Å². The van der Waals surface area contributed by atoms with Crippen LogP contribution in [0.2, 0.25) is 0 Å². The number of hydrogen-bond acceptors (Lipinski definition) is 8. The molecule has 1 aromatic heterocycles. The van der Waals surface area contributed by atoms with Crippen molar-refractivity contribution in [2.75, 3.05) is 38.2 Å². The monoisotopic (exact) mass is 456 g/mol. The molecule has 1 unspecified atom stereocenters. The maximum atomic E-state index is 13.2. The molecule has 4 rings (SSSR count). The summed E-state index contributed by atoms with van der Waals surface area (Å²) in [5.74, 6) is -0.166. The fourth-order valence-corrected chi connectivity index (χ4v) is 4.95. The number of aromatic nitrogens is 2. The number of hydrogen-bond donors (Lipinski definition) is 1. The van der Waals surface area contributed by atoms with E-state index >= 15 is 0 Å². The Bertz CT molecular complexity index is 1200. The Morgan fingerprint density at radius 1 is 1.19 bits per heavy atom. The van der Waals surface area contributed by atoms with Crippen LogP contribution < -0.4 is 5.32 Å². The summed E-state index contributed by atoms with van der Waals surface area (Å²) < 4.78 is 38.4. The van der Waals surface area contributed by atoms with Gasteiger partial charge in [0.25, 0.3) is 0 Å². The molecule has 0 saturated carbocycles. The van der Waals surface area contributed by atoms with Gasteiger partial charge in [-0.2, -0.15) is 4.31 Å². The second-order valence-corrected chi connectivity index (χ2v) is 9.20. The van der Waals surface area contributed by atoms with Crippen molar-refractivity contribution in [1.29, 1.82) is 0 Å². The molecule has 1 aliphatic heterocycles. The van der Waals surface area contributed by atoms with Gasteiger partial charge < -0.3 is 14.8 Å². The van der Waals surface area contributed by atoms with Crippen LogP contribution in [0, 0.1) is 0 Å². The van der Waals surface area contributed by atoms with Crippen LogP contribution in [0.1, 0.15) is 17.3 Å². The molecule has 168 valence electrons. The van der Waals surface area contributed by atoms with Gasteiger partial charge in [0.1, 0.15) is 0 Å². The standard InChI is InChI=1S/C22H24N4O5S/c1-2-30-21(27)18-12-23-22(24-13-18)25-14-19-15-26(9-10-31-19)32(28,29)20-8-7-16-5-3-4-6-17(16)11-20/h3-8,11-13,19H,2,9-10,14-15H2,1H3,(H,23,24,25). The van der Waals surface area contributed by atoms with Crippen LogP contribution >= 0.6 is 0 Å². The van der Waals surface area contributed by atoms with Crippen LogP contribution in [0.3, 0.4) is 0 Å². The van der Waals surface area contributed by atoms with Crippen LogP contribution in [0.15, 0.2) is 59.8 Å². The third-order valence-electron chi connectivity index (χ3n) is 5.11. The largest absolute Gasteiger partial charge is 0.462 e. The lowest BCUT2D eigenvalue weighted by Crippen LogP contribution is -2.47. The third-order valence-corrected chi connectivity index (χ3v) is 6.97. The second kappa shape index (κ2) is 9.60. The van der Waals surface area contributed by atoms with Gasteiger partial charge in [-0.25, -0.2) is 23.2 Å². The lowest BCUT2D eigenvalue weighted by molar-refractivity contribution is 0.00674. The molecule has 0 spiro atoms. The summed E-state index contributed by atoms with van der Waals surface area (Å²) in [7, 11) is -3.65. The molecule has 0 aliphatic carbocycles. The highest BCUT2D eigenvalue weighted by molar-refractivity contribution is 7.89. The van der Waals surface area contributed by atoms with Gasteiger partial charge in [0.05, 0.1) is 29.8 Å². The Hall–Kier alpha value is -3.08. The van der Waals surface area contributed by atoms with Crippen LogP contribution in [-0.2, 0) is 19.5 Å². The highest BCUT2D eigenvalue weighted by atomic mass is 32.2. The number of carbonyl (C=O) groups excluding carboxylic acids is 1. The van der Waals surface area contributed by atoms with Crippen molar-refractivity contribution in [3.8, 4) is 0 Å². The van der Waals surface area contributed by atoms with E-state index < -0.39 is 16.0 Å². The molecule has 10 heteroatoms. The Balaban J connectivity index is 1.39. The van der Waals surface area contributed by atoms with E-state index in [4.69, 9.17) is 9.47 Å². The number of nitrogens with one attached hydrogen (secondary N) is 1. The number of anilines is 1. The van der Waals surface area contributed by atoms with Gasteiger partial charge >= 0.3 is 5.97 Å². The van der Waals surface area contributed by atoms with Gasteiger partial charge in [-0.3, -0.25) is 0 Å². The van der Waals surface area contributed by atoms with Gasteiger partial charge in [0, 0.05) is 32.0 Å². The first kappa shape index (κ1) is 22.1. The molecule has 1 saturated heterocycles. The highest BCUT2D eigenvalue weighted by Gasteiger charge is 2.31. The molecule has 32 heavy (non-hydrogen) atoms. The predicted octanol–water partition coefficient (Wildman–Crippen LogP) is 2.31. The van der Waals surface area contributed by atoms with E-state index in [1.807, 2.05) is 30.3 Å². The van der Waals surface area contributed by atoms with E-state index in [1.165, 1.54) is 16.7 Å². The molecule has 1 fully saturated rings. The van der Waals surface area contributed by atoms with Crippen molar-refractivity contribution < 1.29 is 22.7 Å². The molecular formula is C22H24N4O5S. The molecule has 1 N–H and O–H groups in total. The normalized spacial score (nSPS) is 17.2. The van der Waals surface area contributed by atoms with Crippen molar-refractivity contribution in [3.63, 3.8) is 0 Å². The fraction of sp³-hybridized carbons (Fsp3) is 0.318. The number of sulfonamides is 1. The minimum Gasteiger partial charge on any atom is -0.462 e. The summed E-state index contributed by atoms with van der Waals surface area (Å²) in [6.45, 7) is 3.11. The first-order valence-electron chi connectivity index (χ1n) is 10.3. The number of rotatable bonds is 7. The summed E-state index contributed by atoms with van der Waals surface area (Å²) in [5.41, 5.74) is 0.263. The van der Waals surface area contributed by atoms with Gasteiger partial charge in [0.2, 0.25) is 16.0 Å². The average Bonchev–Trinajstić information content (AvgIpc) is 2.83. The van der Waals surface area contributed by atoms with E-state index in [0.29, 0.717) is 19.1 Å². The fourth-order valence-electron chi connectivity index (χ4n) is 3.46. The van der Waals surface area contributed by atoms with Crippen molar-refractivity contribution in [2.45, 2.75) is 17.9 Å². The van der Waals surface area contributed by atoms with Gasteiger partial charge in [-0.1, -0.05) is 30.3 Å². The molecular weight excluding hydrogens is 432 g/mol. The predicted molar refractivity (Wildman–Crippen MR) is 119 cm³/mol. The van der Waals surface area contributed by atoms with E-state index in [-0.39, 0.29) is 36.3 Å². The highest BCUT2D eigenvalue weighted by Crippen LogP contribution is 2.23. The number of benzene rings is 2. The smallest absolute Gasteiger partial charge is 0.341 e. The Morgan fingerprint density at radius 3 is 2.69 bits per heavy atom. The third kappa shape index (κ3) is 4.87. The molecule has 0 bridgehead atoms. The van der Waals surface area contributed by atoms with E-state index in [1.54, 1.807) is 19.1 Å². The molecule has 3 aromatic rings. The van der Waals surface area contributed by atoms with E-state index in [0.717, 1.165) is 10.8 Å². The molecule has 9 nitrogen and oxygen atoms in total. The summed E-state index contributed by atoms with van der Waals surface area (Å²) in [5, 5.41) is 4.90. The molecule has 2 aromatic carbocycles. The quantitative estimate of drug-likeness (QED) is 0.539. The number of ether oxygens (including phenoxy) is 2. The number of esters is 1. The topological polar surface area (TPSA) is 111 Å². The zero-order valence-corrected chi connectivity index (χ0v) is 18.4. The second-order valence-electron chi connectivity index (χ2n) is 7.26. The summed E-state index contributed by atoms with van der Waals surface area (Å²) in [4.78, 5) is 20.1. The number of nitrogens with zero attached hydrogens (tertiary/aromatic N) is 3. The summed E-state index contributed by atoms with van der Waals surface area (Å²) >= 11 is 0. The maximum absolute atomic E-state index is 13.2. The molecule has 1 aliphatic rings. The zero-order valence-electron chi connectivity index (χ0n) is 17.6. The first-order chi connectivity index (χ1) is 15.5. The van der Waals surface area contributed by atoms with Crippen LogP contribution in [-0.4, -0.2) is 67.6 Å². The van der Waals surface area contributed by atoms with Crippen LogP contribution in [0.5, 0.6) is 0 Å². The minimum absolute atomic E-state index is 0.211. The van der Waals surface area contributed by atoms with Gasteiger partial charge in [-0.05, 0) is 29.8 Å². The molecule has 1 atom stereocenters. The van der Waals surface area contributed by atoms with E-state index in [9.17, 15) is 13.2 Å². The minimum atomic E-state index is -3.65. The zero-order chi connectivity index (χ0) is 22.6. The molecule has 0 amide bonds. The number of morpholine rings is 1. The Kier molecular flexibility index (Phi) is 6.63. The summed E-state index contributed by atoms with van der Waals surface area (Å²) in [6, 6.07) is 12.8. The van der Waals surface area contributed by atoms with Crippen molar-refractivity contribution in [3.05, 3.63) is 60.4 Å². The van der Waals surface area contributed by atoms with E-state index in [2.05, 4.69) is 15.3 Å². The average molecular weight is 457 g/mol. The van der Waals surface area contributed by atoms with Gasteiger partial charge in [0.15, 0.2) is 0 Å². The lowest BCUT2D eigenvalue weighted by atomic mass is 10.1. The molecule has 0 radical (unpaired) electrons. The van der Waals surface area contributed by atoms with Crippen LogP contribution in [0.4, 0.5) is 5.95 Å². The number of fused-ring (bicyclic) bond motifs is 1. The molecule has 2 heterocycles. The maximum Gasteiger partial charge on any atom is 0.341 e. The summed E-state index contributed by atoms with van der Waals surface area (Å²) in [6.07, 6.45) is 2.39. The number of carbonyl (C=O) groups is 1. The van der Waals surface area contributed by atoms with Crippen molar-refractivity contribution in [1.82, 2.24) is 14.3 Å².